The number of carbonyl (C=O) groups excluding carboxylic acids is 1. The van der Waals surface area contributed by atoms with Crippen molar-refractivity contribution < 1.29 is 4.79 Å². The molecule has 0 bridgehead atoms. The lowest BCUT2D eigenvalue weighted by Crippen LogP contribution is -2.41. The summed E-state index contributed by atoms with van der Waals surface area (Å²) in [6.07, 6.45) is 2.13. The first-order chi connectivity index (χ1) is 10.8. The molecule has 1 aromatic carbocycles. The number of aryl methyl sites for hydroxylation is 1. The minimum atomic E-state index is 0.0279. The first kappa shape index (κ1) is 17.8. The van der Waals surface area contributed by atoms with Crippen molar-refractivity contribution in [2.24, 2.45) is 5.73 Å². The summed E-state index contributed by atoms with van der Waals surface area (Å²) in [5.41, 5.74) is 11.7. The van der Waals surface area contributed by atoms with E-state index in [-0.39, 0.29) is 17.4 Å². The average Bonchev–Trinajstić information content (AvgIpc) is 2.48. The van der Waals surface area contributed by atoms with E-state index < -0.39 is 0 Å². The van der Waals surface area contributed by atoms with E-state index in [1.807, 2.05) is 0 Å². The minimum Gasteiger partial charge on any atom is -0.369 e. The summed E-state index contributed by atoms with van der Waals surface area (Å²) in [6.45, 7) is 13.0. The standard InChI is InChI=1S/C19H31N3O/c1-6-15-11-17-18(12-16(15)13(2)20)22(9-7-19(17,4)5)10-8-21-14(3)23/h11-13H,6-10,20H2,1-5H3,(H,21,23). The van der Waals surface area contributed by atoms with Gasteiger partial charge in [-0.15, -0.1) is 0 Å². The molecule has 1 atom stereocenters. The number of hydrogen-bond acceptors (Lipinski definition) is 3. The fourth-order valence-corrected chi connectivity index (χ4v) is 3.45. The van der Waals surface area contributed by atoms with E-state index in [4.69, 9.17) is 5.73 Å². The minimum absolute atomic E-state index is 0.0279. The van der Waals surface area contributed by atoms with Crippen LogP contribution in [0.25, 0.3) is 0 Å². The van der Waals surface area contributed by atoms with Crippen LogP contribution in [0.1, 0.15) is 63.8 Å². The van der Waals surface area contributed by atoms with Crippen LogP contribution in [0, 0.1) is 0 Å². The van der Waals surface area contributed by atoms with Crippen LogP contribution in [0.3, 0.4) is 0 Å². The normalized spacial score (nSPS) is 17.6. The van der Waals surface area contributed by atoms with Crippen molar-refractivity contribution in [2.75, 3.05) is 24.5 Å². The lowest BCUT2D eigenvalue weighted by Gasteiger charge is -2.41. The zero-order valence-corrected chi connectivity index (χ0v) is 15.2. The van der Waals surface area contributed by atoms with Crippen molar-refractivity contribution in [3.8, 4) is 0 Å². The Morgan fingerprint density at radius 2 is 2.13 bits per heavy atom. The maximum absolute atomic E-state index is 11.1. The maximum atomic E-state index is 11.1. The summed E-state index contributed by atoms with van der Waals surface area (Å²) in [4.78, 5) is 13.5. The Balaban J connectivity index is 2.39. The Morgan fingerprint density at radius 1 is 1.43 bits per heavy atom. The summed E-state index contributed by atoms with van der Waals surface area (Å²) >= 11 is 0. The van der Waals surface area contributed by atoms with Crippen LogP contribution in [0.5, 0.6) is 0 Å². The van der Waals surface area contributed by atoms with Gasteiger partial charge in [-0.05, 0) is 47.9 Å². The van der Waals surface area contributed by atoms with Gasteiger partial charge in [-0.2, -0.15) is 0 Å². The van der Waals surface area contributed by atoms with E-state index in [9.17, 15) is 4.79 Å². The Kier molecular flexibility index (Phi) is 5.35. The molecule has 0 saturated carbocycles. The second-order valence-electron chi connectivity index (χ2n) is 7.31. The molecular formula is C19H31N3O. The number of benzene rings is 1. The summed E-state index contributed by atoms with van der Waals surface area (Å²) in [7, 11) is 0. The van der Waals surface area contributed by atoms with Crippen molar-refractivity contribution in [1.82, 2.24) is 5.32 Å². The monoisotopic (exact) mass is 317 g/mol. The van der Waals surface area contributed by atoms with E-state index in [2.05, 4.69) is 50.0 Å². The fraction of sp³-hybridized carbons (Fsp3) is 0.632. The molecule has 4 nitrogen and oxygen atoms in total. The van der Waals surface area contributed by atoms with E-state index >= 15 is 0 Å². The van der Waals surface area contributed by atoms with Gasteiger partial charge in [0, 0.05) is 38.3 Å². The molecule has 2 rings (SSSR count). The Labute approximate surface area is 140 Å². The second-order valence-corrected chi connectivity index (χ2v) is 7.31. The van der Waals surface area contributed by atoms with Gasteiger partial charge in [0.25, 0.3) is 0 Å². The molecule has 0 radical (unpaired) electrons. The molecule has 3 N–H and O–H groups in total. The molecule has 0 fully saturated rings. The zero-order valence-electron chi connectivity index (χ0n) is 15.2. The SMILES string of the molecule is CCc1cc2c(cc1C(C)N)N(CCNC(C)=O)CCC2(C)C. The van der Waals surface area contributed by atoms with Crippen LogP contribution in [-0.2, 0) is 16.6 Å². The number of rotatable bonds is 5. The van der Waals surface area contributed by atoms with Crippen LogP contribution in [0.4, 0.5) is 5.69 Å². The van der Waals surface area contributed by atoms with Gasteiger partial charge in [-0.3, -0.25) is 4.79 Å². The average molecular weight is 317 g/mol. The molecule has 128 valence electrons. The number of fused-ring (bicyclic) bond motifs is 1. The molecule has 23 heavy (non-hydrogen) atoms. The molecule has 1 amide bonds. The van der Waals surface area contributed by atoms with Gasteiger partial charge in [0.2, 0.25) is 5.91 Å². The predicted octanol–water partition coefficient (Wildman–Crippen LogP) is 2.89. The quantitative estimate of drug-likeness (QED) is 0.878. The number of hydrogen-bond donors (Lipinski definition) is 2. The lowest BCUT2D eigenvalue weighted by atomic mass is 9.76. The molecule has 0 spiro atoms. The number of anilines is 1. The van der Waals surface area contributed by atoms with Crippen LogP contribution >= 0.6 is 0 Å². The van der Waals surface area contributed by atoms with E-state index in [1.54, 1.807) is 6.92 Å². The molecular weight excluding hydrogens is 286 g/mol. The topological polar surface area (TPSA) is 58.4 Å². The van der Waals surface area contributed by atoms with E-state index in [1.165, 1.54) is 22.4 Å². The first-order valence-electron chi connectivity index (χ1n) is 8.68. The van der Waals surface area contributed by atoms with Gasteiger partial charge in [-0.25, -0.2) is 0 Å². The lowest BCUT2D eigenvalue weighted by molar-refractivity contribution is -0.118. The fourth-order valence-electron chi connectivity index (χ4n) is 3.45. The molecule has 4 heteroatoms. The third-order valence-electron chi connectivity index (χ3n) is 4.96. The summed E-state index contributed by atoms with van der Waals surface area (Å²) in [5, 5.41) is 2.90. The van der Waals surface area contributed by atoms with E-state index in [0.29, 0.717) is 6.54 Å². The summed E-state index contributed by atoms with van der Waals surface area (Å²) in [5.74, 6) is 0.0279. The Morgan fingerprint density at radius 3 is 2.70 bits per heavy atom. The highest BCUT2D eigenvalue weighted by molar-refractivity contribution is 5.72. The molecule has 1 unspecified atom stereocenters. The van der Waals surface area contributed by atoms with Gasteiger partial charge in [0.1, 0.15) is 0 Å². The van der Waals surface area contributed by atoms with Crippen molar-refractivity contribution in [3.63, 3.8) is 0 Å². The molecule has 0 saturated heterocycles. The number of nitrogens with one attached hydrogen (secondary N) is 1. The summed E-state index contributed by atoms with van der Waals surface area (Å²) in [6, 6.07) is 4.68. The van der Waals surface area contributed by atoms with Crippen molar-refractivity contribution in [1.29, 1.82) is 0 Å². The smallest absolute Gasteiger partial charge is 0.216 e. The molecule has 0 aliphatic carbocycles. The van der Waals surface area contributed by atoms with E-state index in [0.717, 1.165) is 25.9 Å². The number of nitrogens with zero attached hydrogens (tertiary/aromatic N) is 1. The van der Waals surface area contributed by atoms with Gasteiger partial charge in [-0.1, -0.05) is 26.8 Å². The van der Waals surface area contributed by atoms with Crippen molar-refractivity contribution in [2.45, 2.75) is 58.9 Å². The van der Waals surface area contributed by atoms with Crippen LogP contribution in [0.15, 0.2) is 12.1 Å². The summed E-state index contributed by atoms with van der Waals surface area (Å²) < 4.78 is 0. The third kappa shape index (κ3) is 3.86. The first-order valence-corrected chi connectivity index (χ1v) is 8.68. The largest absolute Gasteiger partial charge is 0.369 e. The third-order valence-corrected chi connectivity index (χ3v) is 4.96. The zero-order chi connectivity index (χ0) is 17.2. The Bertz CT molecular complexity index is 578. The Hall–Kier alpha value is -1.55. The highest BCUT2D eigenvalue weighted by Crippen LogP contribution is 2.41. The van der Waals surface area contributed by atoms with Crippen molar-refractivity contribution >= 4 is 11.6 Å². The van der Waals surface area contributed by atoms with Gasteiger partial charge < -0.3 is 16.0 Å². The van der Waals surface area contributed by atoms with Crippen molar-refractivity contribution in [3.05, 3.63) is 28.8 Å². The molecule has 1 aliphatic heterocycles. The number of nitrogens with two attached hydrogens (primary N) is 1. The molecule has 1 heterocycles. The highest BCUT2D eigenvalue weighted by Gasteiger charge is 2.32. The number of carbonyl (C=O) groups is 1. The second kappa shape index (κ2) is 6.91. The number of amides is 1. The van der Waals surface area contributed by atoms with Crippen LogP contribution < -0.4 is 16.0 Å². The van der Waals surface area contributed by atoms with Gasteiger partial charge in [0.05, 0.1) is 0 Å². The highest BCUT2D eigenvalue weighted by atomic mass is 16.1. The predicted molar refractivity (Wildman–Crippen MR) is 97.0 cm³/mol. The van der Waals surface area contributed by atoms with Crippen LogP contribution in [-0.4, -0.2) is 25.5 Å². The molecule has 1 aliphatic rings. The maximum Gasteiger partial charge on any atom is 0.216 e. The molecule has 0 aromatic heterocycles. The van der Waals surface area contributed by atoms with Crippen LogP contribution in [0.2, 0.25) is 0 Å². The molecule has 1 aromatic rings. The van der Waals surface area contributed by atoms with Gasteiger partial charge in [0.15, 0.2) is 0 Å². The van der Waals surface area contributed by atoms with Gasteiger partial charge >= 0.3 is 0 Å².